The zero-order valence-electron chi connectivity index (χ0n) is 18.0. The molecule has 1 aliphatic carbocycles. The third kappa shape index (κ3) is 5.47. The van der Waals surface area contributed by atoms with Crippen LogP contribution in [0, 0.1) is 0 Å². The van der Waals surface area contributed by atoms with Crippen molar-refractivity contribution in [2.24, 2.45) is 0 Å². The summed E-state index contributed by atoms with van der Waals surface area (Å²) in [5.74, 6) is 0.476. The molecule has 1 amide bonds. The molecule has 0 aliphatic heterocycles. The average molecular weight is 481 g/mol. The molecule has 0 radical (unpaired) electrons. The number of carbonyl (C=O) groups is 1. The number of hydrogen-bond donors (Lipinski definition) is 2. The predicted octanol–water partition coefficient (Wildman–Crippen LogP) is 3.78. The molecule has 10 heteroatoms. The maximum atomic E-state index is 12.5. The maximum Gasteiger partial charge on any atom is 0.407 e. The van der Waals surface area contributed by atoms with Crippen molar-refractivity contribution in [3.63, 3.8) is 0 Å². The van der Waals surface area contributed by atoms with E-state index in [0.717, 1.165) is 25.7 Å². The Kier molecular flexibility index (Phi) is 6.64. The summed E-state index contributed by atoms with van der Waals surface area (Å²) in [6.45, 7) is 9.42. The third-order valence-corrected chi connectivity index (χ3v) is 5.41. The number of hydrogen-bond acceptors (Lipinski definition) is 7. The highest BCUT2D eigenvalue weighted by Gasteiger charge is 2.25. The number of halogens is 1. The van der Waals surface area contributed by atoms with Gasteiger partial charge in [0.15, 0.2) is 10.3 Å². The van der Waals surface area contributed by atoms with Crippen molar-refractivity contribution in [1.29, 1.82) is 0 Å². The van der Waals surface area contributed by atoms with Crippen molar-refractivity contribution in [2.75, 3.05) is 5.32 Å². The van der Waals surface area contributed by atoms with Crippen molar-refractivity contribution >= 4 is 39.1 Å². The van der Waals surface area contributed by atoms with Crippen LogP contribution < -0.4 is 16.2 Å². The highest BCUT2D eigenvalue weighted by molar-refractivity contribution is 9.10. The minimum absolute atomic E-state index is 0.0589. The number of ether oxygens (including phenoxy) is 1. The van der Waals surface area contributed by atoms with Gasteiger partial charge in [-0.1, -0.05) is 0 Å². The first-order valence-corrected chi connectivity index (χ1v) is 11.0. The predicted molar refractivity (Wildman–Crippen MR) is 119 cm³/mol. The number of carbonyl (C=O) groups excluding carboxylic acids is 1. The third-order valence-electron chi connectivity index (χ3n) is 4.89. The summed E-state index contributed by atoms with van der Waals surface area (Å²) in [5, 5.41) is 6.31. The quantitative estimate of drug-likeness (QED) is 0.684. The Labute approximate surface area is 184 Å². The molecule has 164 valence electrons. The van der Waals surface area contributed by atoms with Crippen molar-refractivity contribution in [2.45, 2.75) is 84.0 Å². The van der Waals surface area contributed by atoms with Gasteiger partial charge in [0, 0.05) is 18.1 Å². The second kappa shape index (κ2) is 8.87. The fraction of sp³-hybridized carbons (Fsp3) is 0.650. The Hall–Kier alpha value is -2.23. The van der Waals surface area contributed by atoms with Gasteiger partial charge in [-0.2, -0.15) is 4.98 Å². The lowest BCUT2D eigenvalue weighted by Gasteiger charge is -2.30. The molecule has 0 unspecified atom stereocenters. The normalized spacial score (nSPS) is 19.7. The minimum atomic E-state index is -0.502. The van der Waals surface area contributed by atoms with Crippen molar-refractivity contribution in [1.82, 2.24) is 24.8 Å². The zero-order chi connectivity index (χ0) is 22.1. The fourth-order valence-electron chi connectivity index (χ4n) is 3.56. The molecule has 1 fully saturated rings. The summed E-state index contributed by atoms with van der Waals surface area (Å²) in [6, 6.07) is 0.237. The summed E-state index contributed by atoms with van der Waals surface area (Å²) < 4.78 is 7.20. The lowest BCUT2D eigenvalue weighted by atomic mass is 9.91. The smallest absolute Gasteiger partial charge is 0.407 e. The number of rotatable bonds is 4. The van der Waals surface area contributed by atoms with Gasteiger partial charge in [0.05, 0.1) is 6.20 Å². The number of fused-ring (bicyclic) bond motifs is 1. The van der Waals surface area contributed by atoms with Crippen LogP contribution in [-0.4, -0.2) is 43.3 Å². The Bertz CT molecular complexity index is 977. The van der Waals surface area contributed by atoms with Gasteiger partial charge in [0.2, 0.25) is 5.95 Å². The molecular weight excluding hydrogens is 452 g/mol. The van der Waals surface area contributed by atoms with Gasteiger partial charge in [0.1, 0.15) is 11.1 Å². The van der Waals surface area contributed by atoms with Gasteiger partial charge in [-0.05, 0) is 76.2 Å². The van der Waals surface area contributed by atoms with E-state index in [1.807, 2.05) is 34.6 Å². The molecule has 2 N–H and O–H groups in total. The molecule has 1 aliphatic rings. The molecule has 0 spiro atoms. The Morgan fingerprint density at radius 1 is 1.20 bits per heavy atom. The largest absolute Gasteiger partial charge is 0.444 e. The van der Waals surface area contributed by atoms with E-state index in [1.165, 1.54) is 0 Å². The maximum absolute atomic E-state index is 12.5. The van der Waals surface area contributed by atoms with Crippen molar-refractivity contribution < 1.29 is 9.53 Å². The highest BCUT2D eigenvalue weighted by Crippen LogP contribution is 2.23. The van der Waals surface area contributed by atoms with Crippen molar-refractivity contribution in [3.05, 3.63) is 21.2 Å². The van der Waals surface area contributed by atoms with Crippen LogP contribution in [0.15, 0.2) is 15.6 Å². The van der Waals surface area contributed by atoms with Gasteiger partial charge in [-0.3, -0.25) is 9.36 Å². The van der Waals surface area contributed by atoms with Crippen LogP contribution in [0.5, 0.6) is 0 Å². The number of amides is 1. The monoisotopic (exact) mass is 480 g/mol. The van der Waals surface area contributed by atoms with Crippen LogP contribution in [0.4, 0.5) is 10.7 Å². The van der Waals surface area contributed by atoms with E-state index in [-0.39, 0.29) is 34.4 Å². The first-order valence-electron chi connectivity index (χ1n) is 10.2. The Morgan fingerprint density at radius 3 is 2.43 bits per heavy atom. The van der Waals surface area contributed by atoms with Crippen LogP contribution in [0.2, 0.25) is 0 Å². The molecule has 1 saturated carbocycles. The standard InChI is InChI=1S/C20H29BrN6O3/c1-11(2)27-16-14(25-15(21)17(27)28)10-22-18(26-16)23-12-6-8-13(9-7-12)24-19(29)30-20(3,4)5/h10-13H,6-9H2,1-5H3,(H,24,29)(H,22,23,26)/t12-,13-. The van der Waals surface area contributed by atoms with E-state index in [9.17, 15) is 9.59 Å². The van der Waals surface area contributed by atoms with Gasteiger partial charge in [0.25, 0.3) is 5.56 Å². The second-order valence-electron chi connectivity index (χ2n) is 8.91. The van der Waals surface area contributed by atoms with Gasteiger partial charge < -0.3 is 15.4 Å². The number of anilines is 1. The minimum Gasteiger partial charge on any atom is -0.444 e. The van der Waals surface area contributed by atoms with E-state index < -0.39 is 5.60 Å². The topological polar surface area (TPSA) is 111 Å². The molecule has 0 saturated heterocycles. The first-order chi connectivity index (χ1) is 14.0. The van der Waals surface area contributed by atoms with Crippen LogP contribution in [0.3, 0.4) is 0 Å². The zero-order valence-corrected chi connectivity index (χ0v) is 19.6. The summed E-state index contributed by atoms with van der Waals surface area (Å²) in [6.07, 6.45) is 4.69. The number of nitrogens with one attached hydrogen (secondary N) is 2. The van der Waals surface area contributed by atoms with Crippen LogP contribution >= 0.6 is 15.9 Å². The molecule has 2 aromatic rings. The summed E-state index contributed by atoms with van der Waals surface area (Å²) in [5.41, 5.74) is 0.357. The van der Waals surface area contributed by atoms with Gasteiger partial charge >= 0.3 is 6.09 Å². The van der Waals surface area contributed by atoms with Crippen LogP contribution in [0.1, 0.15) is 66.3 Å². The summed E-state index contributed by atoms with van der Waals surface area (Å²) >= 11 is 3.22. The SMILES string of the molecule is CC(C)n1c(=O)c(Br)nc2cnc(N[C@H]3CC[C@H](NC(=O)OC(C)(C)C)CC3)nc21. The molecule has 0 aromatic carbocycles. The lowest BCUT2D eigenvalue weighted by Crippen LogP contribution is -2.42. The Balaban J connectivity index is 1.65. The highest BCUT2D eigenvalue weighted by atomic mass is 79.9. The molecular formula is C20H29BrN6O3. The van der Waals surface area contributed by atoms with E-state index in [0.29, 0.717) is 17.1 Å². The average Bonchev–Trinajstić information content (AvgIpc) is 2.63. The molecule has 0 atom stereocenters. The number of alkyl carbamates (subject to hydrolysis) is 1. The molecule has 9 nitrogen and oxygen atoms in total. The van der Waals surface area contributed by atoms with E-state index in [4.69, 9.17) is 4.74 Å². The molecule has 2 aromatic heterocycles. The molecule has 0 bridgehead atoms. The first kappa shape index (κ1) is 22.5. The van der Waals surface area contributed by atoms with E-state index in [1.54, 1.807) is 10.8 Å². The van der Waals surface area contributed by atoms with E-state index in [2.05, 4.69) is 41.5 Å². The fourth-order valence-corrected chi connectivity index (χ4v) is 3.94. The van der Waals surface area contributed by atoms with Crippen LogP contribution in [-0.2, 0) is 4.74 Å². The van der Waals surface area contributed by atoms with Gasteiger partial charge in [-0.25, -0.2) is 14.8 Å². The number of aromatic nitrogens is 4. The van der Waals surface area contributed by atoms with Crippen molar-refractivity contribution in [3.8, 4) is 0 Å². The second-order valence-corrected chi connectivity index (χ2v) is 9.66. The van der Waals surface area contributed by atoms with E-state index >= 15 is 0 Å². The Morgan fingerprint density at radius 2 is 1.83 bits per heavy atom. The molecule has 2 heterocycles. The van der Waals surface area contributed by atoms with Gasteiger partial charge in [-0.15, -0.1) is 0 Å². The number of nitrogens with zero attached hydrogens (tertiary/aromatic N) is 4. The molecule has 3 rings (SSSR count). The molecule has 30 heavy (non-hydrogen) atoms. The summed E-state index contributed by atoms with van der Waals surface area (Å²) in [7, 11) is 0. The lowest BCUT2D eigenvalue weighted by molar-refractivity contribution is 0.0492. The van der Waals surface area contributed by atoms with Crippen LogP contribution in [0.25, 0.3) is 11.2 Å². The summed E-state index contributed by atoms with van der Waals surface area (Å²) in [4.78, 5) is 37.6.